The predicted molar refractivity (Wildman–Crippen MR) is 135 cm³/mol. The van der Waals surface area contributed by atoms with E-state index in [1.54, 1.807) is 23.5 Å². The zero-order valence-corrected chi connectivity index (χ0v) is 21.4. The molecule has 1 N–H and O–H groups in total. The van der Waals surface area contributed by atoms with Gasteiger partial charge in [0.25, 0.3) is 5.91 Å². The minimum absolute atomic E-state index is 0.110. The standard InChI is InChI=1S/C26H29ClN4O3S/c1-3-18-14-20(27)8-9-22(18)25(32)29-24-15-19-6-4-5-7-23(19)26(24)10-12-31(13-11-26)35(33,34)21-16-28-30(2)17-21/h4-9,14,16-17,24H,3,10-13,15H2,1-2H3,(H,29,32). The monoisotopic (exact) mass is 512 g/mol. The Hall–Kier alpha value is -2.68. The van der Waals surface area contributed by atoms with E-state index in [0.717, 1.165) is 12.0 Å². The topological polar surface area (TPSA) is 84.3 Å². The van der Waals surface area contributed by atoms with Crippen molar-refractivity contribution >= 4 is 27.5 Å². The number of hydrogen-bond acceptors (Lipinski definition) is 4. The average Bonchev–Trinajstić information content (AvgIpc) is 3.42. The fourth-order valence-corrected chi connectivity index (χ4v) is 7.34. The molecule has 1 atom stereocenters. The van der Waals surface area contributed by atoms with Gasteiger partial charge in [-0.3, -0.25) is 9.48 Å². The number of aromatic nitrogens is 2. The van der Waals surface area contributed by atoms with Gasteiger partial charge in [0.1, 0.15) is 4.90 Å². The van der Waals surface area contributed by atoms with Gasteiger partial charge < -0.3 is 5.32 Å². The van der Waals surface area contributed by atoms with Crippen molar-refractivity contribution < 1.29 is 13.2 Å². The number of piperidine rings is 1. The fraction of sp³-hybridized carbons (Fsp3) is 0.385. The van der Waals surface area contributed by atoms with Gasteiger partial charge in [-0.05, 0) is 60.6 Å². The Morgan fingerprint density at radius 3 is 2.63 bits per heavy atom. The largest absolute Gasteiger partial charge is 0.348 e. The Labute approximate surface area is 211 Å². The van der Waals surface area contributed by atoms with E-state index in [4.69, 9.17) is 11.6 Å². The summed E-state index contributed by atoms with van der Waals surface area (Å²) in [5.74, 6) is -0.110. The first kappa shape index (κ1) is 24.0. The van der Waals surface area contributed by atoms with E-state index < -0.39 is 10.0 Å². The number of aryl methyl sites for hydroxylation is 2. The van der Waals surface area contributed by atoms with E-state index in [-0.39, 0.29) is 22.3 Å². The highest BCUT2D eigenvalue weighted by Gasteiger charge is 2.50. The Kier molecular flexibility index (Phi) is 6.23. The van der Waals surface area contributed by atoms with E-state index in [2.05, 4.69) is 22.5 Å². The van der Waals surface area contributed by atoms with Gasteiger partial charge in [0.05, 0.1) is 6.20 Å². The van der Waals surface area contributed by atoms with Crippen LogP contribution in [0.5, 0.6) is 0 Å². The van der Waals surface area contributed by atoms with Gasteiger partial charge in [0.15, 0.2) is 0 Å². The Morgan fingerprint density at radius 2 is 1.94 bits per heavy atom. The molecule has 1 unspecified atom stereocenters. The number of rotatable bonds is 5. The molecule has 1 saturated heterocycles. The van der Waals surface area contributed by atoms with Crippen molar-refractivity contribution in [1.82, 2.24) is 19.4 Å². The molecule has 1 aliphatic heterocycles. The summed E-state index contributed by atoms with van der Waals surface area (Å²) in [5, 5.41) is 7.96. The molecule has 2 heterocycles. The van der Waals surface area contributed by atoms with Crippen LogP contribution in [0.15, 0.2) is 59.8 Å². The van der Waals surface area contributed by atoms with Crippen LogP contribution in [0.1, 0.15) is 46.8 Å². The maximum absolute atomic E-state index is 13.4. The van der Waals surface area contributed by atoms with Crippen molar-refractivity contribution in [2.75, 3.05) is 13.1 Å². The number of halogens is 1. The average molecular weight is 513 g/mol. The predicted octanol–water partition coefficient (Wildman–Crippen LogP) is 3.71. The van der Waals surface area contributed by atoms with Crippen molar-refractivity contribution in [2.24, 2.45) is 7.05 Å². The number of carbonyl (C=O) groups excluding carboxylic acids is 1. The van der Waals surface area contributed by atoms with Crippen LogP contribution in [0.4, 0.5) is 0 Å². The first-order valence-electron chi connectivity index (χ1n) is 11.9. The summed E-state index contributed by atoms with van der Waals surface area (Å²) < 4.78 is 29.4. The lowest BCUT2D eigenvalue weighted by Gasteiger charge is -2.43. The quantitative estimate of drug-likeness (QED) is 0.564. The molecule has 1 fully saturated rings. The molecule has 5 rings (SSSR count). The highest BCUT2D eigenvalue weighted by atomic mass is 35.5. The van der Waals surface area contributed by atoms with Crippen LogP contribution in [0.25, 0.3) is 0 Å². The first-order valence-corrected chi connectivity index (χ1v) is 13.7. The molecule has 0 bridgehead atoms. The zero-order valence-electron chi connectivity index (χ0n) is 19.9. The van der Waals surface area contributed by atoms with Gasteiger partial charge in [-0.15, -0.1) is 0 Å². The number of hydrogen-bond donors (Lipinski definition) is 1. The minimum Gasteiger partial charge on any atom is -0.348 e. The molecule has 2 aromatic carbocycles. The highest BCUT2D eigenvalue weighted by Crippen LogP contribution is 2.47. The number of sulfonamides is 1. The SMILES string of the molecule is CCc1cc(Cl)ccc1C(=O)NC1Cc2ccccc2C12CCN(S(=O)(=O)c1cnn(C)c1)CC2. The van der Waals surface area contributed by atoms with E-state index in [9.17, 15) is 13.2 Å². The number of fused-ring (bicyclic) bond motifs is 2. The number of nitrogens with zero attached hydrogens (tertiary/aromatic N) is 3. The second kappa shape index (κ2) is 9.08. The van der Waals surface area contributed by atoms with Crippen molar-refractivity contribution in [1.29, 1.82) is 0 Å². The molecule has 1 aromatic heterocycles. The van der Waals surface area contributed by atoms with Gasteiger partial charge >= 0.3 is 0 Å². The molecule has 1 amide bonds. The van der Waals surface area contributed by atoms with Gasteiger partial charge in [-0.25, -0.2) is 8.42 Å². The van der Waals surface area contributed by atoms with Crippen molar-refractivity contribution in [3.8, 4) is 0 Å². The van der Waals surface area contributed by atoms with Crippen LogP contribution in [0.2, 0.25) is 5.02 Å². The number of amides is 1. The third-order valence-electron chi connectivity index (χ3n) is 7.58. The second-order valence-electron chi connectivity index (χ2n) is 9.45. The molecule has 184 valence electrons. The molecule has 3 aromatic rings. The molecule has 9 heteroatoms. The second-order valence-corrected chi connectivity index (χ2v) is 11.8. The third-order valence-corrected chi connectivity index (χ3v) is 9.66. The Balaban J connectivity index is 1.42. The molecule has 2 aliphatic rings. The molecular weight excluding hydrogens is 484 g/mol. The van der Waals surface area contributed by atoms with Gasteiger partial charge in [0.2, 0.25) is 10.0 Å². The first-order chi connectivity index (χ1) is 16.7. The lowest BCUT2D eigenvalue weighted by Crippen LogP contribution is -2.54. The van der Waals surface area contributed by atoms with Crippen LogP contribution in [0.3, 0.4) is 0 Å². The smallest absolute Gasteiger partial charge is 0.251 e. The summed E-state index contributed by atoms with van der Waals surface area (Å²) >= 11 is 6.15. The highest BCUT2D eigenvalue weighted by molar-refractivity contribution is 7.89. The van der Waals surface area contributed by atoms with Crippen LogP contribution < -0.4 is 5.32 Å². The summed E-state index contributed by atoms with van der Waals surface area (Å²) in [6, 6.07) is 13.6. The van der Waals surface area contributed by atoms with Crippen molar-refractivity contribution in [3.63, 3.8) is 0 Å². The fourth-order valence-electron chi connectivity index (χ4n) is 5.71. The van der Waals surface area contributed by atoms with E-state index in [0.29, 0.717) is 42.9 Å². The number of nitrogens with one attached hydrogen (secondary N) is 1. The van der Waals surface area contributed by atoms with Gasteiger partial charge in [-0.1, -0.05) is 42.8 Å². The molecule has 0 radical (unpaired) electrons. The molecule has 7 nitrogen and oxygen atoms in total. The maximum Gasteiger partial charge on any atom is 0.251 e. The number of carbonyl (C=O) groups is 1. The van der Waals surface area contributed by atoms with Crippen LogP contribution >= 0.6 is 11.6 Å². The van der Waals surface area contributed by atoms with Gasteiger partial charge in [-0.2, -0.15) is 9.40 Å². The summed E-state index contributed by atoms with van der Waals surface area (Å²) in [5.41, 5.74) is 3.67. The van der Waals surface area contributed by atoms with E-state index >= 15 is 0 Å². The third kappa shape index (κ3) is 4.17. The van der Waals surface area contributed by atoms with Crippen molar-refractivity contribution in [3.05, 3.63) is 82.1 Å². The maximum atomic E-state index is 13.4. The molecule has 35 heavy (non-hydrogen) atoms. The van der Waals surface area contributed by atoms with E-state index in [1.165, 1.54) is 28.2 Å². The Morgan fingerprint density at radius 1 is 1.20 bits per heavy atom. The zero-order chi connectivity index (χ0) is 24.8. The summed E-state index contributed by atoms with van der Waals surface area (Å²) in [4.78, 5) is 13.6. The number of benzene rings is 2. The molecule has 0 saturated carbocycles. The molecule has 1 spiro atoms. The Bertz CT molecular complexity index is 1380. The van der Waals surface area contributed by atoms with Gasteiger partial charge in [0, 0.05) is 48.4 Å². The van der Waals surface area contributed by atoms with Crippen LogP contribution in [-0.2, 0) is 35.3 Å². The lowest BCUT2D eigenvalue weighted by atomic mass is 9.71. The summed E-state index contributed by atoms with van der Waals surface area (Å²) in [6.07, 6.45) is 5.63. The lowest BCUT2D eigenvalue weighted by molar-refractivity contribution is 0.0896. The molecule has 1 aliphatic carbocycles. The normalized spacial score (nSPS) is 19.6. The minimum atomic E-state index is -3.61. The van der Waals surface area contributed by atoms with Crippen molar-refractivity contribution in [2.45, 2.75) is 49.0 Å². The summed E-state index contributed by atoms with van der Waals surface area (Å²) in [6.45, 7) is 2.78. The molecular formula is C26H29ClN4O3S. The van der Waals surface area contributed by atoms with Crippen LogP contribution in [0, 0.1) is 0 Å². The van der Waals surface area contributed by atoms with Crippen LogP contribution in [-0.4, -0.2) is 47.5 Å². The van der Waals surface area contributed by atoms with E-state index in [1.807, 2.05) is 25.1 Å². The summed E-state index contributed by atoms with van der Waals surface area (Å²) in [7, 11) is -1.91.